The second kappa shape index (κ2) is 9.12. The number of amides is 2. The Morgan fingerprint density at radius 1 is 1.10 bits per heavy atom. The van der Waals surface area contributed by atoms with E-state index in [4.69, 9.17) is 0 Å². The van der Waals surface area contributed by atoms with Crippen molar-refractivity contribution in [2.24, 2.45) is 11.3 Å². The first-order valence-electron chi connectivity index (χ1n) is 10.5. The Kier molecular flexibility index (Phi) is 6.78. The summed E-state index contributed by atoms with van der Waals surface area (Å²) in [5.74, 6) is 0.294. The van der Waals surface area contributed by atoms with Crippen molar-refractivity contribution >= 4 is 23.2 Å². The Balaban J connectivity index is 1.83. The first-order chi connectivity index (χ1) is 13.8. The van der Waals surface area contributed by atoms with Gasteiger partial charge in [0.2, 0.25) is 11.8 Å². The number of hydrogen-bond acceptors (Lipinski definition) is 3. The van der Waals surface area contributed by atoms with Gasteiger partial charge < -0.3 is 10.2 Å². The van der Waals surface area contributed by atoms with Gasteiger partial charge >= 0.3 is 0 Å². The Morgan fingerprint density at radius 2 is 1.83 bits per heavy atom. The van der Waals surface area contributed by atoms with Crippen LogP contribution < -0.4 is 5.32 Å². The number of likely N-dealkylation sites (tertiary alicyclic amines) is 1. The summed E-state index contributed by atoms with van der Waals surface area (Å²) in [6.07, 6.45) is 2.11. The summed E-state index contributed by atoms with van der Waals surface area (Å²) in [5.41, 5.74) is 1.91. The van der Waals surface area contributed by atoms with Crippen LogP contribution in [0.3, 0.4) is 0 Å². The van der Waals surface area contributed by atoms with Gasteiger partial charge in [-0.3, -0.25) is 9.59 Å². The highest BCUT2D eigenvalue weighted by Crippen LogP contribution is 2.37. The maximum atomic E-state index is 13.2. The number of carbonyl (C=O) groups is 2. The molecule has 2 heterocycles. The molecule has 0 unspecified atom stereocenters. The zero-order valence-electron chi connectivity index (χ0n) is 17.9. The third-order valence-electron chi connectivity index (χ3n) is 5.70. The Hall–Kier alpha value is -2.14. The molecule has 0 radical (unpaired) electrons. The zero-order chi connectivity index (χ0) is 21.0. The number of piperidine rings is 1. The fourth-order valence-corrected chi connectivity index (χ4v) is 4.81. The highest BCUT2D eigenvalue weighted by atomic mass is 32.1. The van der Waals surface area contributed by atoms with Gasteiger partial charge in [-0.15, -0.1) is 11.3 Å². The predicted molar refractivity (Wildman–Crippen MR) is 120 cm³/mol. The minimum absolute atomic E-state index is 0.00512. The van der Waals surface area contributed by atoms with Crippen LogP contribution in [-0.2, 0) is 16.0 Å². The van der Waals surface area contributed by atoms with Gasteiger partial charge in [-0.25, -0.2) is 0 Å². The maximum absolute atomic E-state index is 13.2. The molecule has 0 aliphatic carbocycles. The topological polar surface area (TPSA) is 49.4 Å². The molecule has 1 N–H and O–H groups in total. The molecule has 0 bridgehead atoms. The number of carbonyl (C=O) groups excluding carboxylic acids is 2. The first kappa shape index (κ1) is 21.6. The molecule has 1 aliphatic heterocycles. The smallest absolute Gasteiger partial charge is 0.226 e. The van der Waals surface area contributed by atoms with Crippen LogP contribution in [0.2, 0.25) is 0 Å². The van der Waals surface area contributed by atoms with E-state index in [0.717, 1.165) is 0 Å². The Labute approximate surface area is 178 Å². The standard InChI is InChI=1S/C24H32N2O2S/c1-17(2)22(27)26-12-10-24(11-13-26,23(28)25-18(3)4)16-19-7-5-8-20(15-19)21-9-6-14-29-21/h5-9,14-15,17-18H,10-13,16H2,1-4H3,(H,25,28). The molecule has 3 rings (SSSR count). The molecule has 1 aromatic carbocycles. The van der Waals surface area contributed by atoms with E-state index in [1.807, 2.05) is 32.6 Å². The summed E-state index contributed by atoms with van der Waals surface area (Å²) in [6.45, 7) is 9.17. The quantitative estimate of drug-likeness (QED) is 0.744. The van der Waals surface area contributed by atoms with Gasteiger partial charge in [0.15, 0.2) is 0 Å². The summed E-state index contributed by atoms with van der Waals surface area (Å²) in [4.78, 5) is 28.8. The van der Waals surface area contributed by atoms with Crippen LogP contribution in [0.5, 0.6) is 0 Å². The summed E-state index contributed by atoms with van der Waals surface area (Å²) >= 11 is 1.73. The van der Waals surface area contributed by atoms with Gasteiger partial charge in [-0.1, -0.05) is 44.2 Å². The molecule has 2 aromatic rings. The Morgan fingerprint density at radius 3 is 2.41 bits per heavy atom. The first-order valence-corrected chi connectivity index (χ1v) is 11.4. The molecule has 1 aromatic heterocycles. The molecular weight excluding hydrogens is 380 g/mol. The van der Waals surface area contributed by atoms with Crippen molar-refractivity contribution in [3.63, 3.8) is 0 Å². The van der Waals surface area contributed by atoms with Crippen LogP contribution in [0.4, 0.5) is 0 Å². The molecule has 0 atom stereocenters. The van der Waals surface area contributed by atoms with Crippen molar-refractivity contribution in [2.45, 2.75) is 53.0 Å². The van der Waals surface area contributed by atoms with E-state index in [1.165, 1.54) is 16.0 Å². The van der Waals surface area contributed by atoms with E-state index in [1.54, 1.807) is 11.3 Å². The second-order valence-electron chi connectivity index (χ2n) is 8.74. The van der Waals surface area contributed by atoms with Crippen LogP contribution in [0.25, 0.3) is 10.4 Å². The predicted octanol–water partition coefficient (Wildman–Crippen LogP) is 4.75. The summed E-state index contributed by atoms with van der Waals surface area (Å²) in [7, 11) is 0. The summed E-state index contributed by atoms with van der Waals surface area (Å²) in [6, 6.07) is 12.8. The zero-order valence-corrected chi connectivity index (χ0v) is 18.7. The second-order valence-corrected chi connectivity index (χ2v) is 9.69. The molecule has 29 heavy (non-hydrogen) atoms. The van der Waals surface area contributed by atoms with Crippen LogP contribution >= 0.6 is 11.3 Å². The molecule has 4 nitrogen and oxygen atoms in total. The molecule has 1 saturated heterocycles. The van der Waals surface area contributed by atoms with Crippen molar-refractivity contribution in [3.05, 3.63) is 47.3 Å². The van der Waals surface area contributed by atoms with E-state index < -0.39 is 5.41 Å². The largest absolute Gasteiger partial charge is 0.353 e. The molecule has 0 spiro atoms. The molecular formula is C24H32N2O2S. The lowest BCUT2D eigenvalue weighted by molar-refractivity contribution is -0.142. The number of hydrogen-bond donors (Lipinski definition) is 1. The van der Waals surface area contributed by atoms with Gasteiger partial charge in [-0.05, 0) is 55.7 Å². The average Bonchev–Trinajstić information content (AvgIpc) is 3.22. The van der Waals surface area contributed by atoms with Crippen molar-refractivity contribution in [3.8, 4) is 10.4 Å². The monoisotopic (exact) mass is 412 g/mol. The van der Waals surface area contributed by atoms with Crippen LogP contribution in [0.15, 0.2) is 41.8 Å². The fourth-order valence-electron chi connectivity index (χ4n) is 4.09. The van der Waals surface area contributed by atoms with E-state index in [-0.39, 0.29) is 23.8 Å². The van der Waals surface area contributed by atoms with Crippen molar-refractivity contribution in [2.75, 3.05) is 13.1 Å². The average molecular weight is 413 g/mol. The number of rotatable bonds is 6. The lowest BCUT2D eigenvalue weighted by Crippen LogP contribution is -2.53. The molecule has 0 saturated carbocycles. The van der Waals surface area contributed by atoms with Crippen molar-refractivity contribution in [1.29, 1.82) is 0 Å². The van der Waals surface area contributed by atoms with Gasteiger partial charge in [0.1, 0.15) is 0 Å². The van der Waals surface area contributed by atoms with Crippen molar-refractivity contribution in [1.82, 2.24) is 10.2 Å². The number of thiophene rings is 1. The number of nitrogens with zero attached hydrogens (tertiary/aromatic N) is 1. The molecule has 1 fully saturated rings. The molecule has 2 amide bonds. The maximum Gasteiger partial charge on any atom is 0.226 e. The third-order valence-corrected chi connectivity index (χ3v) is 6.62. The van der Waals surface area contributed by atoms with Gasteiger partial charge in [0.05, 0.1) is 5.41 Å². The van der Waals surface area contributed by atoms with Gasteiger partial charge in [0.25, 0.3) is 0 Å². The van der Waals surface area contributed by atoms with E-state index in [9.17, 15) is 9.59 Å². The summed E-state index contributed by atoms with van der Waals surface area (Å²) < 4.78 is 0. The molecule has 1 aliphatic rings. The Bertz CT molecular complexity index is 834. The van der Waals surface area contributed by atoms with Crippen LogP contribution in [-0.4, -0.2) is 35.8 Å². The van der Waals surface area contributed by atoms with Gasteiger partial charge in [-0.2, -0.15) is 0 Å². The normalized spacial score (nSPS) is 16.3. The lowest BCUT2D eigenvalue weighted by Gasteiger charge is -2.41. The van der Waals surface area contributed by atoms with Crippen LogP contribution in [0, 0.1) is 11.3 Å². The SMILES string of the molecule is CC(C)NC(=O)C1(Cc2cccc(-c3cccs3)c2)CCN(C(=O)C(C)C)CC1. The van der Waals surface area contributed by atoms with E-state index in [0.29, 0.717) is 32.4 Å². The van der Waals surface area contributed by atoms with E-state index in [2.05, 4.69) is 47.1 Å². The number of benzene rings is 1. The highest BCUT2D eigenvalue weighted by molar-refractivity contribution is 7.13. The number of nitrogens with one attached hydrogen (secondary N) is 1. The minimum atomic E-state index is -0.466. The van der Waals surface area contributed by atoms with Gasteiger partial charge in [0, 0.05) is 29.9 Å². The fraction of sp³-hybridized carbons (Fsp3) is 0.500. The minimum Gasteiger partial charge on any atom is -0.353 e. The molecule has 156 valence electrons. The van der Waals surface area contributed by atoms with E-state index >= 15 is 0 Å². The van der Waals surface area contributed by atoms with Crippen LogP contribution in [0.1, 0.15) is 46.1 Å². The summed E-state index contributed by atoms with van der Waals surface area (Å²) in [5, 5.41) is 5.23. The highest BCUT2D eigenvalue weighted by Gasteiger charge is 2.42. The van der Waals surface area contributed by atoms with Crippen molar-refractivity contribution < 1.29 is 9.59 Å². The third kappa shape index (κ3) is 5.08. The lowest BCUT2D eigenvalue weighted by atomic mass is 9.72. The molecule has 5 heteroatoms.